The molecule has 3 nitrogen and oxygen atoms in total. The zero-order valence-corrected chi connectivity index (χ0v) is 11.3. The normalized spacial score (nSPS) is 17.4. The van der Waals surface area contributed by atoms with E-state index in [0.717, 1.165) is 18.1 Å². The first kappa shape index (κ1) is 11.8. The van der Waals surface area contributed by atoms with Gasteiger partial charge in [0.15, 0.2) is 0 Å². The summed E-state index contributed by atoms with van der Waals surface area (Å²) < 4.78 is 0. The van der Waals surface area contributed by atoms with Crippen molar-refractivity contribution in [1.29, 1.82) is 0 Å². The summed E-state index contributed by atoms with van der Waals surface area (Å²) in [6.45, 7) is 0.973. The Bertz CT molecular complexity index is 518. The summed E-state index contributed by atoms with van der Waals surface area (Å²) in [6, 6.07) is 6.18. The molecule has 0 radical (unpaired) electrons. The third-order valence-electron chi connectivity index (χ3n) is 3.73. The van der Waals surface area contributed by atoms with Gasteiger partial charge in [-0.1, -0.05) is 12.5 Å². The first-order valence-corrected chi connectivity index (χ1v) is 7.24. The highest BCUT2D eigenvalue weighted by Gasteiger charge is 2.40. The van der Waals surface area contributed by atoms with Gasteiger partial charge in [-0.05, 0) is 37.4 Å². The zero-order chi connectivity index (χ0) is 12.4. The third-order valence-corrected chi connectivity index (χ3v) is 4.62. The Balaban J connectivity index is 1.96. The van der Waals surface area contributed by atoms with E-state index in [1.807, 2.05) is 19.3 Å². The van der Waals surface area contributed by atoms with E-state index in [2.05, 4.69) is 27.8 Å². The summed E-state index contributed by atoms with van der Waals surface area (Å²) in [5, 5.41) is 5.37. The molecule has 0 amide bonds. The first-order valence-electron chi connectivity index (χ1n) is 6.36. The molecule has 1 saturated carbocycles. The number of aromatic nitrogens is 2. The summed E-state index contributed by atoms with van der Waals surface area (Å²) >= 11 is 1.73. The average Bonchev–Trinajstić information content (AvgIpc) is 2.88. The highest BCUT2D eigenvalue weighted by atomic mass is 32.1. The molecule has 1 aliphatic rings. The second kappa shape index (κ2) is 4.78. The molecule has 1 fully saturated rings. The Morgan fingerprint density at radius 2 is 2.28 bits per heavy atom. The maximum Gasteiger partial charge on any atom is 0.136 e. The van der Waals surface area contributed by atoms with Gasteiger partial charge >= 0.3 is 0 Å². The molecule has 94 valence electrons. The number of hydrogen-bond acceptors (Lipinski definition) is 4. The van der Waals surface area contributed by atoms with Crippen LogP contribution in [-0.4, -0.2) is 23.6 Å². The molecule has 1 aliphatic carbocycles. The van der Waals surface area contributed by atoms with Gasteiger partial charge in [-0.3, -0.25) is 0 Å². The van der Waals surface area contributed by atoms with Gasteiger partial charge in [-0.2, -0.15) is 0 Å². The number of likely N-dealkylation sites (N-methyl/N-ethyl adjacent to an activating group) is 1. The lowest BCUT2D eigenvalue weighted by molar-refractivity contribution is 0.225. The standard InChI is InChI=1S/C14H17N3S/c1-15-10-14(6-3-7-14)13-16-8-5-11(17-13)12-4-2-9-18-12/h2,4-5,8-9,15H,3,6-7,10H2,1H3. The van der Waals surface area contributed by atoms with Gasteiger partial charge in [0.05, 0.1) is 10.6 Å². The molecular weight excluding hydrogens is 242 g/mol. The van der Waals surface area contributed by atoms with Crippen LogP contribution in [0, 0.1) is 0 Å². The summed E-state index contributed by atoms with van der Waals surface area (Å²) in [4.78, 5) is 10.5. The molecule has 0 aromatic carbocycles. The summed E-state index contributed by atoms with van der Waals surface area (Å²) in [6.07, 6.45) is 5.57. The Kier molecular flexibility index (Phi) is 3.14. The highest BCUT2D eigenvalue weighted by Crippen LogP contribution is 2.41. The van der Waals surface area contributed by atoms with Gasteiger partial charge in [0.2, 0.25) is 0 Å². The van der Waals surface area contributed by atoms with E-state index in [4.69, 9.17) is 4.98 Å². The fraction of sp³-hybridized carbons (Fsp3) is 0.429. The Morgan fingerprint density at radius 3 is 2.89 bits per heavy atom. The van der Waals surface area contributed by atoms with Crippen LogP contribution in [-0.2, 0) is 5.41 Å². The van der Waals surface area contributed by atoms with Crippen molar-refractivity contribution in [3.05, 3.63) is 35.6 Å². The fourth-order valence-electron chi connectivity index (χ4n) is 2.60. The molecule has 2 heterocycles. The van der Waals surface area contributed by atoms with E-state index >= 15 is 0 Å². The molecule has 0 atom stereocenters. The third kappa shape index (κ3) is 1.95. The predicted octanol–water partition coefficient (Wildman–Crippen LogP) is 2.85. The Morgan fingerprint density at radius 1 is 1.39 bits per heavy atom. The lowest BCUT2D eigenvalue weighted by Crippen LogP contribution is -2.44. The van der Waals surface area contributed by atoms with Crippen LogP contribution in [0.15, 0.2) is 29.8 Å². The molecule has 0 spiro atoms. The minimum absolute atomic E-state index is 0.169. The molecule has 0 saturated heterocycles. The van der Waals surface area contributed by atoms with Gasteiger partial charge < -0.3 is 5.32 Å². The van der Waals surface area contributed by atoms with Crippen molar-refractivity contribution in [3.63, 3.8) is 0 Å². The van der Waals surface area contributed by atoms with Crippen LogP contribution >= 0.6 is 11.3 Å². The van der Waals surface area contributed by atoms with E-state index < -0.39 is 0 Å². The van der Waals surface area contributed by atoms with Crippen LogP contribution in [0.5, 0.6) is 0 Å². The Hall–Kier alpha value is -1.26. The van der Waals surface area contributed by atoms with Gasteiger partial charge in [-0.25, -0.2) is 9.97 Å². The minimum Gasteiger partial charge on any atom is -0.319 e. The molecule has 3 rings (SSSR count). The van der Waals surface area contributed by atoms with Crippen LogP contribution in [0.4, 0.5) is 0 Å². The maximum atomic E-state index is 4.79. The monoisotopic (exact) mass is 259 g/mol. The van der Waals surface area contributed by atoms with E-state index in [1.54, 1.807) is 11.3 Å². The van der Waals surface area contributed by atoms with Crippen LogP contribution in [0.3, 0.4) is 0 Å². The fourth-order valence-corrected chi connectivity index (χ4v) is 3.29. The van der Waals surface area contributed by atoms with Crippen molar-refractivity contribution in [2.45, 2.75) is 24.7 Å². The summed E-state index contributed by atoms with van der Waals surface area (Å²) in [5.41, 5.74) is 1.22. The van der Waals surface area contributed by atoms with Crippen LogP contribution < -0.4 is 5.32 Å². The zero-order valence-electron chi connectivity index (χ0n) is 10.5. The molecule has 0 unspecified atom stereocenters. The van der Waals surface area contributed by atoms with Crippen molar-refractivity contribution in [3.8, 4) is 10.6 Å². The van der Waals surface area contributed by atoms with Crippen molar-refractivity contribution >= 4 is 11.3 Å². The molecular formula is C14H17N3S. The lowest BCUT2D eigenvalue weighted by atomic mass is 9.68. The van der Waals surface area contributed by atoms with E-state index in [0.29, 0.717) is 0 Å². The number of nitrogens with zero attached hydrogens (tertiary/aromatic N) is 2. The average molecular weight is 259 g/mol. The summed E-state index contributed by atoms with van der Waals surface area (Å²) in [5.74, 6) is 1.01. The first-order chi connectivity index (χ1) is 8.84. The maximum absolute atomic E-state index is 4.79. The van der Waals surface area contributed by atoms with Crippen molar-refractivity contribution in [2.24, 2.45) is 0 Å². The highest BCUT2D eigenvalue weighted by molar-refractivity contribution is 7.13. The van der Waals surface area contributed by atoms with Gasteiger partial charge in [-0.15, -0.1) is 11.3 Å². The number of hydrogen-bond donors (Lipinski definition) is 1. The van der Waals surface area contributed by atoms with Crippen LogP contribution in [0.25, 0.3) is 10.6 Å². The van der Waals surface area contributed by atoms with Crippen molar-refractivity contribution in [2.75, 3.05) is 13.6 Å². The van der Waals surface area contributed by atoms with Crippen molar-refractivity contribution in [1.82, 2.24) is 15.3 Å². The van der Waals surface area contributed by atoms with Gasteiger partial charge in [0.1, 0.15) is 5.82 Å². The quantitative estimate of drug-likeness (QED) is 0.917. The van der Waals surface area contributed by atoms with Gasteiger partial charge in [0.25, 0.3) is 0 Å². The van der Waals surface area contributed by atoms with Gasteiger partial charge in [0, 0.05) is 18.2 Å². The molecule has 4 heteroatoms. The van der Waals surface area contributed by atoms with E-state index in [1.165, 1.54) is 24.1 Å². The van der Waals surface area contributed by atoms with E-state index in [9.17, 15) is 0 Å². The second-order valence-corrected chi connectivity index (χ2v) is 5.85. The molecule has 2 aromatic rings. The van der Waals surface area contributed by atoms with Crippen LogP contribution in [0.1, 0.15) is 25.1 Å². The second-order valence-electron chi connectivity index (χ2n) is 4.91. The Labute approximate surface area is 111 Å². The molecule has 2 aromatic heterocycles. The predicted molar refractivity (Wildman–Crippen MR) is 74.8 cm³/mol. The number of nitrogens with one attached hydrogen (secondary N) is 1. The van der Waals surface area contributed by atoms with Crippen LogP contribution in [0.2, 0.25) is 0 Å². The lowest BCUT2D eigenvalue weighted by Gasteiger charge is -2.40. The molecule has 18 heavy (non-hydrogen) atoms. The molecule has 1 N–H and O–H groups in total. The summed E-state index contributed by atoms with van der Waals surface area (Å²) in [7, 11) is 2.00. The van der Waals surface area contributed by atoms with E-state index in [-0.39, 0.29) is 5.41 Å². The number of rotatable bonds is 4. The minimum atomic E-state index is 0.169. The molecule has 0 bridgehead atoms. The molecule has 0 aliphatic heterocycles. The van der Waals surface area contributed by atoms with Crippen molar-refractivity contribution < 1.29 is 0 Å². The smallest absolute Gasteiger partial charge is 0.136 e. The number of thiophene rings is 1. The SMILES string of the molecule is CNCC1(c2nccc(-c3cccs3)n2)CCC1. The largest absolute Gasteiger partial charge is 0.319 e. The topological polar surface area (TPSA) is 37.8 Å².